The summed E-state index contributed by atoms with van der Waals surface area (Å²) in [5.41, 5.74) is -0.600. The van der Waals surface area contributed by atoms with Gasteiger partial charge in [-0.2, -0.15) is 13.2 Å². The summed E-state index contributed by atoms with van der Waals surface area (Å²) in [6.45, 7) is 3.02. The number of likely N-dealkylation sites (N-methyl/N-ethyl adjacent to an activating group) is 1. The number of carbonyl (C=O) groups is 1. The van der Waals surface area contributed by atoms with Crippen molar-refractivity contribution in [3.63, 3.8) is 0 Å². The van der Waals surface area contributed by atoms with Crippen molar-refractivity contribution in [1.29, 1.82) is 0 Å². The van der Waals surface area contributed by atoms with E-state index in [0.717, 1.165) is 25.2 Å². The van der Waals surface area contributed by atoms with E-state index in [1.807, 2.05) is 0 Å². The van der Waals surface area contributed by atoms with Crippen LogP contribution in [0.3, 0.4) is 0 Å². The summed E-state index contributed by atoms with van der Waals surface area (Å²) < 4.78 is 38.0. The Kier molecular flexibility index (Phi) is 5.13. The molecule has 1 aromatic rings. The Balaban J connectivity index is 2.11. The van der Waals surface area contributed by atoms with Gasteiger partial charge in [-0.3, -0.25) is 4.79 Å². The Bertz CT molecular complexity index is 579. The average molecular weight is 334 g/mol. The minimum atomic E-state index is -4.43. The van der Waals surface area contributed by atoms with Gasteiger partial charge in [-0.1, -0.05) is 11.6 Å². The largest absolute Gasteiger partial charge is 0.416 e. The molecule has 2 rings (SSSR count). The lowest BCUT2D eigenvalue weighted by Gasteiger charge is -2.29. The highest BCUT2D eigenvalue weighted by Crippen LogP contribution is 2.32. The second-order valence-corrected chi connectivity index (χ2v) is 5.76. The topological polar surface area (TPSA) is 24.8 Å². The van der Waals surface area contributed by atoms with Gasteiger partial charge in [0.05, 0.1) is 38.8 Å². The third-order valence-corrected chi connectivity index (χ3v) is 4.00. The molecule has 1 N–H and O–H groups in total. The molecule has 1 aromatic carbocycles. The van der Waals surface area contributed by atoms with Crippen molar-refractivity contribution < 1.29 is 22.9 Å². The van der Waals surface area contributed by atoms with Crippen molar-refractivity contribution in [1.82, 2.24) is 4.90 Å². The van der Waals surface area contributed by atoms with Gasteiger partial charge in [0.25, 0.3) is 0 Å². The Morgan fingerprint density at radius 1 is 1.32 bits per heavy atom. The maximum absolute atomic E-state index is 12.7. The highest BCUT2D eigenvalue weighted by atomic mass is 35.5. The van der Waals surface area contributed by atoms with Gasteiger partial charge >= 0.3 is 6.18 Å². The molecular weight excluding hydrogens is 317 g/mol. The van der Waals surface area contributed by atoms with Crippen LogP contribution in [-0.2, 0) is 11.0 Å². The number of rotatable bonds is 2. The standard InChI is InChI=1S/C15H16ClF3N2O/c1-20-6-8-21(9-7-20)14(22)5-2-11-10-12(15(17,18)19)3-4-13(11)16/h2-5,10H,6-9H2,1H3/p+1/b5-2+. The summed E-state index contributed by atoms with van der Waals surface area (Å²) in [5.74, 6) is -0.207. The first-order valence-electron chi connectivity index (χ1n) is 6.92. The third kappa shape index (κ3) is 4.24. The van der Waals surface area contributed by atoms with Gasteiger partial charge in [-0.15, -0.1) is 0 Å². The smallest absolute Gasteiger partial charge is 0.334 e. The number of amides is 1. The highest BCUT2D eigenvalue weighted by Gasteiger charge is 2.30. The Morgan fingerprint density at radius 2 is 1.95 bits per heavy atom. The van der Waals surface area contributed by atoms with Gasteiger partial charge < -0.3 is 9.80 Å². The number of piperazine rings is 1. The minimum Gasteiger partial charge on any atom is -0.334 e. The van der Waals surface area contributed by atoms with Gasteiger partial charge in [-0.25, -0.2) is 0 Å². The molecule has 1 aliphatic heterocycles. The van der Waals surface area contributed by atoms with Crippen molar-refractivity contribution in [2.75, 3.05) is 33.2 Å². The van der Waals surface area contributed by atoms with E-state index in [0.29, 0.717) is 13.1 Å². The van der Waals surface area contributed by atoms with Crippen LogP contribution in [0.5, 0.6) is 0 Å². The van der Waals surface area contributed by atoms with E-state index in [9.17, 15) is 18.0 Å². The van der Waals surface area contributed by atoms with E-state index < -0.39 is 11.7 Å². The predicted octanol–water partition coefficient (Wildman–Crippen LogP) is 1.73. The van der Waals surface area contributed by atoms with Gasteiger partial charge in [0.15, 0.2) is 0 Å². The second-order valence-electron chi connectivity index (χ2n) is 5.35. The lowest BCUT2D eigenvalue weighted by molar-refractivity contribution is -0.883. The molecule has 120 valence electrons. The van der Waals surface area contributed by atoms with E-state index in [-0.39, 0.29) is 16.5 Å². The van der Waals surface area contributed by atoms with Crippen LogP contribution in [0, 0.1) is 0 Å². The molecule has 1 heterocycles. The number of hydrogen-bond acceptors (Lipinski definition) is 1. The first-order chi connectivity index (χ1) is 10.3. The average Bonchev–Trinajstić information content (AvgIpc) is 2.45. The fourth-order valence-corrected chi connectivity index (χ4v) is 2.40. The van der Waals surface area contributed by atoms with Crippen molar-refractivity contribution in [3.8, 4) is 0 Å². The summed E-state index contributed by atoms with van der Waals surface area (Å²) in [7, 11) is 2.06. The molecular formula is C15H17ClF3N2O+. The molecule has 1 aliphatic rings. The predicted molar refractivity (Wildman–Crippen MR) is 78.7 cm³/mol. The van der Waals surface area contributed by atoms with Crippen molar-refractivity contribution in [3.05, 3.63) is 40.4 Å². The fraction of sp³-hybridized carbons (Fsp3) is 0.400. The molecule has 0 bridgehead atoms. The van der Waals surface area contributed by atoms with E-state index in [1.54, 1.807) is 4.90 Å². The minimum absolute atomic E-state index is 0.180. The van der Waals surface area contributed by atoms with Crippen molar-refractivity contribution in [2.24, 2.45) is 0 Å². The van der Waals surface area contributed by atoms with Crippen LogP contribution < -0.4 is 4.90 Å². The molecule has 1 saturated heterocycles. The maximum Gasteiger partial charge on any atom is 0.416 e. The van der Waals surface area contributed by atoms with Crippen LogP contribution in [0.1, 0.15) is 11.1 Å². The first-order valence-corrected chi connectivity index (χ1v) is 7.30. The normalized spacial score (nSPS) is 17.2. The van der Waals surface area contributed by atoms with E-state index in [2.05, 4.69) is 7.05 Å². The molecule has 0 aliphatic carbocycles. The lowest BCUT2D eigenvalue weighted by Crippen LogP contribution is -3.12. The molecule has 7 heteroatoms. The van der Waals surface area contributed by atoms with Crippen LogP contribution in [0.2, 0.25) is 5.02 Å². The highest BCUT2D eigenvalue weighted by molar-refractivity contribution is 6.32. The molecule has 0 aromatic heterocycles. The zero-order chi connectivity index (χ0) is 16.3. The molecule has 0 saturated carbocycles. The Hall–Kier alpha value is -1.53. The quantitative estimate of drug-likeness (QED) is 0.819. The molecule has 0 spiro atoms. The van der Waals surface area contributed by atoms with Gasteiger partial charge in [0, 0.05) is 11.1 Å². The number of benzene rings is 1. The lowest BCUT2D eigenvalue weighted by atomic mass is 10.1. The molecule has 1 amide bonds. The zero-order valence-electron chi connectivity index (χ0n) is 12.1. The number of carbonyl (C=O) groups excluding carboxylic acids is 1. The summed E-state index contributed by atoms with van der Waals surface area (Å²) in [6, 6.07) is 3.05. The number of alkyl halides is 3. The molecule has 3 nitrogen and oxygen atoms in total. The maximum atomic E-state index is 12.7. The Morgan fingerprint density at radius 3 is 2.55 bits per heavy atom. The van der Waals surface area contributed by atoms with E-state index in [1.165, 1.54) is 23.1 Å². The third-order valence-electron chi connectivity index (χ3n) is 3.66. The summed E-state index contributed by atoms with van der Waals surface area (Å²) >= 11 is 5.89. The molecule has 0 unspecified atom stereocenters. The van der Waals surface area contributed by atoms with Gasteiger partial charge in [0.2, 0.25) is 5.91 Å². The second kappa shape index (κ2) is 6.71. The Labute approximate surface area is 132 Å². The number of quaternary nitrogens is 1. The number of hydrogen-bond donors (Lipinski definition) is 1. The SMILES string of the molecule is C[NH+]1CCN(C(=O)/C=C/c2cc(C(F)(F)F)ccc2Cl)CC1. The van der Waals surface area contributed by atoms with Crippen LogP contribution in [-0.4, -0.2) is 44.0 Å². The fourth-order valence-electron chi connectivity index (χ4n) is 2.22. The number of halogens is 4. The van der Waals surface area contributed by atoms with Crippen molar-refractivity contribution in [2.45, 2.75) is 6.18 Å². The molecule has 0 radical (unpaired) electrons. The zero-order valence-corrected chi connectivity index (χ0v) is 12.8. The van der Waals surface area contributed by atoms with Gasteiger partial charge in [-0.05, 0) is 29.8 Å². The summed E-state index contributed by atoms with van der Waals surface area (Å²) in [5, 5.41) is 0.180. The molecule has 0 atom stereocenters. The van der Waals surface area contributed by atoms with Crippen LogP contribution in [0.15, 0.2) is 24.3 Å². The summed E-state index contributed by atoms with van der Waals surface area (Å²) in [6.07, 6.45) is -1.81. The van der Waals surface area contributed by atoms with E-state index >= 15 is 0 Å². The van der Waals surface area contributed by atoms with Crippen LogP contribution >= 0.6 is 11.6 Å². The van der Waals surface area contributed by atoms with Gasteiger partial charge in [0.1, 0.15) is 0 Å². The van der Waals surface area contributed by atoms with Crippen molar-refractivity contribution >= 4 is 23.6 Å². The van der Waals surface area contributed by atoms with Crippen LogP contribution in [0.25, 0.3) is 6.08 Å². The summed E-state index contributed by atoms with van der Waals surface area (Å²) in [4.78, 5) is 15.1. The number of nitrogens with zero attached hydrogens (tertiary/aromatic N) is 1. The molecule has 22 heavy (non-hydrogen) atoms. The first kappa shape index (κ1) is 16.8. The number of nitrogens with one attached hydrogen (secondary N) is 1. The monoisotopic (exact) mass is 333 g/mol. The van der Waals surface area contributed by atoms with E-state index in [4.69, 9.17) is 11.6 Å². The van der Waals surface area contributed by atoms with Crippen LogP contribution in [0.4, 0.5) is 13.2 Å². The molecule has 1 fully saturated rings.